The summed E-state index contributed by atoms with van der Waals surface area (Å²) in [6.45, 7) is 4.02. The number of ether oxygens (including phenoxy) is 1. The fourth-order valence-electron chi connectivity index (χ4n) is 1.42. The van der Waals surface area contributed by atoms with Crippen LogP contribution < -0.4 is 5.73 Å². The lowest BCUT2D eigenvalue weighted by Crippen LogP contribution is -2.21. The minimum atomic E-state index is -0.394. The molecule has 3 N–H and O–H groups in total. The molecule has 0 amide bonds. The normalized spacial score (nSPS) is 13.0. The van der Waals surface area contributed by atoms with E-state index in [1.54, 1.807) is 0 Å². The second kappa shape index (κ2) is 12.0. The molecule has 0 aliphatic heterocycles. The van der Waals surface area contributed by atoms with Gasteiger partial charge in [0.1, 0.15) is 0 Å². The number of aliphatic hydroxyl groups is 1. The highest BCUT2D eigenvalue weighted by molar-refractivity contribution is 4.53. The zero-order chi connectivity index (χ0) is 11.4. The molecule has 0 fully saturated rings. The average Bonchev–Trinajstić information content (AvgIpc) is 2.26. The quantitative estimate of drug-likeness (QED) is 0.521. The second-order valence-corrected chi connectivity index (χ2v) is 4.06. The fraction of sp³-hybridized carbons (Fsp3) is 1.00. The lowest BCUT2D eigenvalue weighted by molar-refractivity contribution is 0.0832. The first-order valence-corrected chi connectivity index (χ1v) is 6.27. The van der Waals surface area contributed by atoms with Gasteiger partial charge in [0.15, 0.2) is 0 Å². The summed E-state index contributed by atoms with van der Waals surface area (Å²) < 4.78 is 5.40. The zero-order valence-corrected chi connectivity index (χ0v) is 10.1. The van der Waals surface area contributed by atoms with Gasteiger partial charge >= 0.3 is 0 Å². The Morgan fingerprint density at radius 1 is 1.07 bits per heavy atom. The number of aliphatic hydroxyl groups excluding tert-OH is 1. The van der Waals surface area contributed by atoms with Crippen LogP contribution in [0.2, 0.25) is 0 Å². The monoisotopic (exact) mass is 217 g/mol. The van der Waals surface area contributed by atoms with Gasteiger partial charge in [-0.1, -0.05) is 39.0 Å². The summed E-state index contributed by atoms with van der Waals surface area (Å²) >= 11 is 0. The Labute approximate surface area is 94.0 Å². The van der Waals surface area contributed by atoms with Gasteiger partial charge in [-0.15, -0.1) is 0 Å². The fourth-order valence-corrected chi connectivity index (χ4v) is 1.42. The molecule has 1 atom stereocenters. The molecule has 0 aromatic heterocycles. The SMILES string of the molecule is CCCCCCCCOCCC(O)CN. The summed E-state index contributed by atoms with van der Waals surface area (Å²) in [7, 11) is 0. The molecule has 0 aromatic carbocycles. The van der Waals surface area contributed by atoms with E-state index in [0.29, 0.717) is 19.6 Å². The van der Waals surface area contributed by atoms with Crippen molar-refractivity contribution >= 4 is 0 Å². The van der Waals surface area contributed by atoms with E-state index in [9.17, 15) is 0 Å². The van der Waals surface area contributed by atoms with E-state index < -0.39 is 6.10 Å². The summed E-state index contributed by atoms with van der Waals surface area (Å²) in [4.78, 5) is 0. The van der Waals surface area contributed by atoms with E-state index in [2.05, 4.69) is 6.92 Å². The molecule has 0 bridgehead atoms. The standard InChI is InChI=1S/C12H27NO2/c1-2-3-4-5-6-7-9-15-10-8-12(14)11-13/h12,14H,2-11,13H2,1H3. The Kier molecular flexibility index (Phi) is 11.9. The van der Waals surface area contributed by atoms with E-state index >= 15 is 0 Å². The van der Waals surface area contributed by atoms with Crippen LogP contribution in [0.15, 0.2) is 0 Å². The third-order valence-corrected chi connectivity index (χ3v) is 2.51. The minimum Gasteiger partial charge on any atom is -0.392 e. The first-order valence-electron chi connectivity index (χ1n) is 6.27. The van der Waals surface area contributed by atoms with Crippen LogP contribution in [-0.2, 0) is 4.74 Å². The Hall–Kier alpha value is -0.120. The van der Waals surface area contributed by atoms with Gasteiger partial charge in [0.2, 0.25) is 0 Å². The predicted molar refractivity (Wildman–Crippen MR) is 63.9 cm³/mol. The number of rotatable bonds is 11. The Morgan fingerprint density at radius 2 is 1.73 bits per heavy atom. The third-order valence-electron chi connectivity index (χ3n) is 2.51. The molecule has 1 unspecified atom stereocenters. The largest absolute Gasteiger partial charge is 0.392 e. The molecule has 0 saturated carbocycles. The van der Waals surface area contributed by atoms with Crippen LogP contribution in [0.5, 0.6) is 0 Å². The molecular formula is C12H27NO2. The third kappa shape index (κ3) is 11.8. The van der Waals surface area contributed by atoms with E-state index in [1.807, 2.05) is 0 Å². The van der Waals surface area contributed by atoms with Crippen molar-refractivity contribution in [3.63, 3.8) is 0 Å². The van der Waals surface area contributed by atoms with Crippen LogP contribution in [0.1, 0.15) is 51.9 Å². The molecule has 0 aliphatic carbocycles. The topological polar surface area (TPSA) is 55.5 Å². The highest BCUT2D eigenvalue weighted by Crippen LogP contribution is 2.05. The van der Waals surface area contributed by atoms with Crippen molar-refractivity contribution in [1.82, 2.24) is 0 Å². The van der Waals surface area contributed by atoms with Gasteiger partial charge in [0.05, 0.1) is 6.10 Å². The summed E-state index contributed by atoms with van der Waals surface area (Å²) in [5.74, 6) is 0. The van der Waals surface area contributed by atoms with E-state index in [-0.39, 0.29) is 0 Å². The Morgan fingerprint density at radius 3 is 2.40 bits per heavy atom. The van der Waals surface area contributed by atoms with Gasteiger partial charge in [-0.25, -0.2) is 0 Å². The molecule has 0 heterocycles. The summed E-state index contributed by atoms with van der Waals surface area (Å²) in [6.07, 6.45) is 7.99. The summed E-state index contributed by atoms with van der Waals surface area (Å²) in [5.41, 5.74) is 5.28. The van der Waals surface area contributed by atoms with Crippen molar-refractivity contribution in [2.45, 2.75) is 58.0 Å². The molecule has 15 heavy (non-hydrogen) atoms. The van der Waals surface area contributed by atoms with Crippen LogP contribution in [0.4, 0.5) is 0 Å². The zero-order valence-electron chi connectivity index (χ0n) is 10.1. The summed E-state index contributed by atoms with van der Waals surface area (Å²) in [5, 5.41) is 9.15. The Bertz CT molecular complexity index is 120. The van der Waals surface area contributed by atoms with Crippen molar-refractivity contribution in [2.75, 3.05) is 19.8 Å². The van der Waals surface area contributed by atoms with E-state index in [4.69, 9.17) is 15.6 Å². The first-order chi connectivity index (χ1) is 7.31. The molecular weight excluding hydrogens is 190 g/mol. The molecule has 0 aliphatic rings. The first kappa shape index (κ1) is 14.9. The minimum absolute atomic E-state index is 0.334. The maximum Gasteiger partial charge on any atom is 0.0684 e. The van der Waals surface area contributed by atoms with Crippen LogP contribution >= 0.6 is 0 Å². The maximum absolute atomic E-state index is 9.15. The molecule has 3 heteroatoms. The smallest absolute Gasteiger partial charge is 0.0684 e. The lowest BCUT2D eigenvalue weighted by Gasteiger charge is -2.07. The predicted octanol–water partition coefficient (Wildman–Crippen LogP) is 2.07. The number of unbranched alkanes of at least 4 members (excludes halogenated alkanes) is 5. The van der Waals surface area contributed by atoms with Crippen molar-refractivity contribution in [1.29, 1.82) is 0 Å². The van der Waals surface area contributed by atoms with Gasteiger partial charge in [0.25, 0.3) is 0 Å². The van der Waals surface area contributed by atoms with E-state index in [1.165, 1.54) is 32.1 Å². The lowest BCUT2D eigenvalue weighted by atomic mass is 10.1. The van der Waals surface area contributed by atoms with Gasteiger partial charge in [-0.3, -0.25) is 0 Å². The van der Waals surface area contributed by atoms with Crippen molar-refractivity contribution in [3.8, 4) is 0 Å². The molecule has 0 aromatic rings. The molecule has 0 rings (SSSR count). The maximum atomic E-state index is 9.15. The van der Waals surface area contributed by atoms with Gasteiger partial charge < -0.3 is 15.6 Å². The average molecular weight is 217 g/mol. The molecule has 0 radical (unpaired) electrons. The second-order valence-electron chi connectivity index (χ2n) is 4.06. The highest BCUT2D eigenvalue weighted by Gasteiger charge is 1.99. The van der Waals surface area contributed by atoms with Gasteiger partial charge in [-0.2, -0.15) is 0 Å². The molecule has 92 valence electrons. The highest BCUT2D eigenvalue weighted by atomic mass is 16.5. The Balaban J connectivity index is 2.92. The molecule has 3 nitrogen and oxygen atoms in total. The van der Waals surface area contributed by atoms with Gasteiger partial charge in [-0.05, 0) is 12.8 Å². The molecule has 0 spiro atoms. The van der Waals surface area contributed by atoms with Crippen molar-refractivity contribution < 1.29 is 9.84 Å². The van der Waals surface area contributed by atoms with Crippen LogP contribution in [-0.4, -0.2) is 31.0 Å². The van der Waals surface area contributed by atoms with Crippen LogP contribution in [0, 0.1) is 0 Å². The van der Waals surface area contributed by atoms with Gasteiger partial charge in [0, 0.05) is 19.8 Å². The number of hydrogen-bond acceptors (Lipinski definition) is 3. The van der Waals surface area contributed by atoms with Crippen molar-refractivity contribution in [2.24, 2.45) is 5.73 Å². The van der Waals surface area contributed by atoms with Crippen LogP contribution in [0.3, 0.4) is 0 Å². The van der Waals surface area contributed by atoms with E-state index in [0.717, 1.165) is 13.0 Å². The molecule has 0 saturated heterocycles. The van der Waals surface area contributed by atoms with Crippen LogP contribution in [0.25, 0.3) is 0 Å². The van der Waals surface area contributed by atoms with Crippen molar-refractivity contribution in [3.05, 3.63) is 0 Å². The number of nitrogens with two attached hydrogens (primary N) is 1. The number of hydrogen-bond donors (Lipinski definition) is 2. The summed E-state index contributed by atoms with van der Waals surface area (Å²) in [6, 6.07) is 0.